The van der Waals surface area contributed by atoms with Crippen LogP contribution in [-0.4, -0.2) is 13.0 Å². The Kier molecular flexibility index (Phi) is 4.83. The van der Waals surface area contributed by atoms with Gasteiger partial charge in [0.25, 0.3) is 5.91 Å². The zero-order valence-electron chi connectivity index (χ0n) is 11.0. The van der Waals surface area contributed by atoms with Crippen LogP contribution in [0.1, 0.15) is 15.9 Å². The molecule has 0 aromatic heterocycles. The van der Waals surface area contributed by atoms with Gasteiger partial charge in [0, 0.05) is 14.6 Å². The lowest BCUT2D eigenvalue weighted by molar-refractivity contribution is 0.102. The summed E-state index contributed by atoms with van der Waals surface area (Å²) < 4.78 is 6.81. The van der Waals surface area contributed by atoms with E-state index in [1.165, 1.54) is 0 Å². The van der Waals surface area contributed by atoms with Gasteiger partial charge in [-0.3, -0.25) is 4.79 Å². The SMILES string of the molecule is COc1ccc(NC(=O)c2ccc(Br)cc2Br)c(C)c1. The molecule has 0 saturated carbocycles. The first-order valence-electron chi connectivity index (χ1n) is 5.92. The third kappa shape index (κ3) is 3.41. The number of benzene rings is 2. The van der Waals surface area contributed by atoms with Crippen molar-refractivity contribution in [1.29, 1.82) is 0 Å². The molecule has 2 rings (SSSR count). The summed E-state index contributed by atoms with van der Waals surface area (Å²) in [5.41, 5.74) is 2.31. The summed E-state index contributed by atoms with van der Waals surface area (Å²) in [6, 6.07) is 11.0. The molecule has 0 heterocycles. The molecule has 5 heteroatoms. The fourth-order valence-corrected chi connectivity index (χ4v) is 2.99. The molecule has 3 nitrogen and oxygen atoms in total. The van der Waals surface area contributed by atoms with Crippen LogP contribution >= 0.6 is 31.9 Å². The zero-order valence-corrected chi connectivity index (χ0v) is 14.2. The van der Waals surface area contributed by atoms with E-state index in [2.05, 4.69) is 37.2 Å². The summed E-state index contributed by atoms with van der Waals surface area (Å²) in [7, 11) is 1.62. The fraction of sp³-hybridized carbons (Fsp3) is 0.133. The van der Waals surface area contributed by atoms with E-state index in [0.29, 0.717) is 5.56 Å². The number of hydrogen-bond acceptors (Lipinski definition) is 2. The van der Waals surface area contributed by atoms with Crippen molar-refractivity contribution in [3.8, 4) is 5.75 Å². The van der Waals surface area contributed by atoms with Crippen molar-refractivity contribution in [2.24, 2.45) is 0 Å². The quantitative estimate of drug-likeness (QED) is 0.807. The molecule has 104 valence electrons. The Morgan fingerprint density at radius 1 is 1.15 bits per heavy atom. The molecule has 0 radical (unpaired) electrons. The van der Waals surface area contributed by atoms with E-state index >= 15 is 0 Å². The second-order valence-electron chi connectivity index (χ2n) is 4.26. The molecular formula is C15H13Br2NO2. The third-order valence-electron chi connectivity index (χ3n) is 2.86. The molecule has 1 amide bonds. The monoisotopic (exact) mass is 397 g/mol. The zero-order chi connectivity index (χ0) is 14.7. The number of carbonyl (C=O) groups excluding carboxylic acids is 1. The van der Waals surface area contributed by atoms with Gasteiger partial charge in [-0.1, -0.05) is 15.9 Å². The minimum Gasteiger partial charge on any atom is -0.497 e. The fourth-order valence-electron chi connectivity index (χ4n) is 1.77. The number of ether oxygens (including phenoxy) is 1. The maximum Gasteiger partial charge on any atom is 0.256 e. The largest absolute Gasteiger partial charge is 0.497 e. The Morgan fingerprint density at radius 2 is 1.90 bits per heavy atom. The Morgan fingerprint density at radius 3 is 2.50 bits per heavy atom. The third-order valence-corrected chi connectivity index (χ3v) is 4.01. The Bertz CT molecular complexity index is 656. The number of nitrogens with one attached hydrogen (secondary N) is 1. The molecule has 0 unspecified atom stereocenters. The van der Waals surface area contributed by atoms with Gasteiger partial charge in [0.05, 0.1) is 12.7 Å². The lowest BCUT2D eigenvalue weighted by Gasteiger charge is -2.11. The highest BCUT2D eigenvalue weighted by Crippen LogP contribution is 2.25. The summed E-state index contributed by atoms with van der Waals surface area (Å²) in [5.74, 6) is 0.614. The number of halogens is 2. The van der Waals surface area contributed by atoms with Crippen molar-refractivity contribution >= 4 is 43.5 Å². The van der Waals surface area contributed by atoms with E-state index < -0.39 is 0 Å². The van der Waals surface area contributed by atoms with Gasteiger partial charge < -0.3 is 10.1 Å². The number of carbonyl (C=O) groups is 1. The van der Waals surface area contributed by atoms with E-state index in [4.69, 9.17) is 4.74 Å². The maximum atomic E-state index is 12.3. The summed E-state index contributed by atoms with van der Waals surface area (Å²) in [5, 5.41) is 2.90. The predicted molar refractivity (Wildman–Crippen MR) is 87.5 cm³/mol. The van der Waals surface area contributed by atoms with E-state index in [1.807, 2.05) is 37.3 Å². The molecule has 0 atom stereocenters. The number of rotatable bonds is 3. The molecule has 0 fully saturated rings. The van der Waals surface area contributed by atoms with E-state index in [9.17, 15) is 4.79 Å². The van der Waals surface area contributed by atoms with Crippen LogP contribution in [0.15, 0.2) is 45.3 Å². The van der Waals surface area contributed by atoms with Crippen LogP contribution in [-0.2, 0) is 0 Å². The van der Waals surface area contributed by atoms with E-state index in [1.54, 1.807) is 13.2 Å². The van der Waals surface area contributed by atoms with Crippen LogP contribution in [0, 0.1) is 6.92 Å². The molecule has 0 saturated heterocycles. The van der Waals surface area contributed by atoms with E-state index in [0.717, 1.165) is 25.9 Å². The highest BCUT2D eigenvalue weighted by Gasteiger charge is 2.11. The van der Waals surface area contributed by atoms with Crippen molar-refractivity contribution in [2.45, 2.75) is 6.92 Å². The molecule has 2 aromatic rings. The molecule has 2 aromatic carbocycles. The van der Waals surface area contributed by atoms with Crippen LogP contribution < -0.4 is 10.1 Å². The summed E-state index contributed by atoms with van der Waals surface area (Å²) in [6.07, 6.45) is 0. The van der Waals surface area contributed by atoms with Gasteiger partial charge >= 0.3 is 0 Å². The highest BCUT2D eigenvalue weighted by atomic mass is 79.9. The standard InChI is InChI=1S/C15H13Br2NO2/c1-9-7-11(20-2)4-6-14(9)18-15(19)12-5-3-10(16)8-13(12)17/h3-8H,1-2H3,(H,18,19). The minimum atomic E-state index is -0.155. The minimum absolute atomic E-state index is 0.155. The molecular weight excluding hydrogens is 386 g/mol. The summed E-state index contributed by atoms with van der Waals surface area (Å²) >= 11 is 6.76. The summed E-state index contributed by atoms with van der Waals surface area (Å²) in [6.45, 7) is 1.93. The lowest BCUT2D eigenvalue weighted by atomic mass is 10.1. The van der Waals surface area contributed by atoms with Gasteiger partial charge in [0.2, 0.25) is 0 Å². The second-order valence-corrected chi connectivity index (χ2v) is 6.03. The average Bonchev–Trinajstić information content (AvgIpc) is 2.40. The summed E-state index contributed by atoms with van der Waals surface area (Å²) in [4.78, 5) is 12.3. The first-order valence-corrected chi connectivity index (χ1v) is 7.51. The van der Waals surface area contributed by atoms with Crippen molar-refractivity contribution in [1.82, 2.24) is 0 Å². The molecule has 0 spiro atoms. The molecule has 0 aliphatic carbocycles. The maximum absolute atomic E-state index is 12.3. The Balaban J connectivity index is 2.23. The predicted octanol–water partition coefficient (Wildman–Crippen LogP) is 4.78. The van der Waals surface area contributed by atoms with Gasteiger partial charge in [-0.25, -0.2) is 0 Å². The van der Waals surface area contributed by atoms with Crippen LogP contribution in [0.4, 0.5) is 5.69 Å². The van der Waals surface area contributed by atoms with Gasteiger partial charge in [-0.15, -0.1) is 0 Å². The Hall–Kier alpha value is -1.33. The van der Waals surface area contributed by atoms with Crippen LogP contribution in [0.25, 0.3) is 0 Å². The van der Waals surface area contributed by atoms with Gasteiger partial charge in [0.1, 0.15) is 5.75 Å². The smallest absolute Gasteiger partial charge is 0.256 e. The average molecular weight is 399 g/mol. The van der Waals surface area contributed by atoms with Crippen molar-refractivity contribution in [3.63, 3.8) is 0 Å². The second kappa shape index (κ2) is 6.41. The number of aryl methyl sites for hydroxylation is 1. The van der Waals surface area contributed by atoms with E-state index in [-0.39, 0.29) is 5.91 Å². The van der Waals surface area contributed by atoms with Crippen molar-refractivity contribution in [3.05, 3.63) is 56.5 Å². The lowest BCUT2D eigenvalue weighted by Crippen LogP contribution is -2.13. The van der Waals surface area contributed by atoms with Gasteiger partial charge in [-0.2, -0.15) is 0 Å². The van der Waals surface area contributed by atoms with Crippen LogP contribution in [0.2, 0.25) is 0 Å². The molecule has 1 N–H and O–H groups in total. The number of hydrogen-bond donors (Lipinski definition) is 1. The first kappa shape index (κ1) is 15.1. The number of amides is 1. The highest BCUT2D eigenvalue weighted by molar-refractivity contribution is 9.11. The van der Waals surface area contributed by atoms with Gasteiger partial charge in [-0.05, 0) is 64.8 Å². The molecule has 0 aliphatic heterocycles. The molecule has 20 heavy (non-hydrogen) atoms. The molecule has 0 aliphatic rings. The first-order chi connectivity index (χ1) is 9.51. The normalized spacial score (nSPS) is 10.2. The van der Waals surface area contributed by atoms with Gasteiger partial charge in [0.15, 0.2) is 0 Å². The Labute approximate surface area is 134 Å². The van der Waals surface area contributed by atoms with Crippen molar-refractivity contribution in [2.75, 3.05) is 12.4 Å². The van der Waals surface area contributed by atoms with Crippen LogP contribution in [0.5, 0.6) is 5.75 Å². The van der Waals surface area contributed by atoms with Crippen LogP contribution in [0.3, 0.4) is 0 Å². The topological polar surface area (TPSA) is 38.3 Å². The number of anilines is 1. The number of methoxy groups -OCH3 is 1. The molecule has 0 bridgehead atoms. The van der Waals surface area contributed by atoms with Crippen molar-refractivity contribution < 1.29 is 9.53 Å².